The van der Waals surface area contributed by atoms with Gasteiger partial charge in [0.25, 0.3) is 0 Å². The minimum absolute atomic E-state index is 0. The summed E-state index contributed by atoms with van der Waals surface area (Å²) in [7, 11) is -3.57. The van der Waals surface area contributed by atoms with E-state index < -0.39 is 10.0 Å². The lowest BCUT2D eigenvalue weighted by molar-refractivity contribution is 0.579. The zero-order valence-corrected chi connectivity index (χ0v) is 12.6. The summed E-state index contributed by atoms with van der Waals surface area (Å²) in [5, 5.41) is 8.76. The number of hydrogen-bond acceptors (Lipinski definition) is 4. The maximum atomic E-state index is 11.8. The van der Waals surface area contributed by atoms with Gasteiger partial charge in [-0.1, -0.05) is 15.9 Å². The molecule has 0 bridgehead atoms. The fourth-order valence-corrected chi connectivity index (χ4v) is 2.96. The second-order valence-electron chi connectivity index (χ2n) is 3.33. The third-order valence-corrected chi connectivity index (χ3v) is 3.88. The van der Waals surface area contributed by atoms with Crippen LogP contribution in [0.1, 0.15) is 12.0 Å². The Balaban J connectivity index is 0.00000289. The Labute approximate surface area is 121 Å². The van der Waals surface area contributed by atoms with Gasteiger partial charge in [-0.15, -0.1) is 12.4 Å². The van der Waals surface area contributed by atoms with E-state index in [1.807, 2.05) is 6.07 Å². The van der Waals surface area contributed by atoms with Crippen LogP contribution in [0.4, 0.5) is 0 Å². The minimum atomic E-state index is -3.57. The number of nitrogens with two attached hydrogens (primary N) is 1. The van der Waals surface area contributed by atoms with E-state index in [0.29, 0.717) is 23.0 Å². The molecule has 8 heteroatoms. The van der Waals surface area contributed by atoms with E-state index >= 15 is 0 Å². The van der Waals surface area contributed by atoms with Crippen LogP contribution in [0.15, 0.2) is 27.6 Å². The normalized spacial score (nSPS) is 10.5. The van der Waals surface area contributed by atoms with Gasteiger partial charge in [0, 0.05) is 11.0 Å². The number of nitrogens with one attached hydrogen (secondary N) is 1. The highest BCUT2D eigenvalue weighted by Gasteiger charge is 2.14. The standard InChI is InChI=1S/C10H12BrN3O2S.ClH/c11-9-4-8(7-13)5-10(6-9)17(15,16)14-3-1-2-12;/h4-6,14H,1-3,12H2;1H. The zero-order chi connectivity index (χ0) is 12.9. The average Bonchev–Trinajstić information content (AvgIpc) is 2.28. The lowest BCUT2D eigenvalue weighted by atomic mass is 10.2. The molecule has 0 aliphatic rings. The molecule has 1 aromatic carbocycles. The summed E-state index contributed by atoms with van der Waals surface area (Å²) in [5.41, 5.74) is 5.57. The highest BCUT2D eigenvalue weighted by Crippen LogP contribution is 2.19. The van der Waals surface area contributed by atoms with Crippen molar-refractivity contribution in [1.29, 1.82) is 5.26 Å². The molecule has 0 heterocycles. The summed E-state index contributed by atoms with van der Waals surface area (Å²) in [6, 6.07) is 6.24. The van der Waals surface area contributed by atoms with Crippen molar-refractivity contribution >= 4 is 38.4 Å². The molecule has 0 fully saturated rings. The topological polar surface area (TPSA) is 96.0 Å². The van der Waals surface area contributed by atoms with Gasteiger partial charge in [0.05, 0.1) is 16.5 Å². The summed E-state index contributed by atoms with van der Waals surface area (Å²) in [5.74, 6) is 0. The van der Waals surface area contributed by atoms with Crippen molar-refractivity contribution < 1.29 is 8.42 Å². The molecule has 0 unspecified atom stereocenters. The highest BCUT2D eigenvalue weighted by molar-refractivity contribution is 9.10. The van der Waals surface area contributed by atoms with Gasteiger partial charge in [-0.05, 0) is 31.2 Å². The number of halogens is 2. The monoisotopic (exact) mass is 353 g/mol. The first-order valence-corrected chi connectivity index (χ1v) is 7.17. The molecule has 0 radical (unpaired) electrons. The van der Waals surface area contributed by atoms with Crippen molar-refractivity contribution in [1.82, 2.24) is 4.72 Å². The van der Waals surface area contributed by atoms with Crippen LogP contribution in [0.3, 0.4) is 0 Å². The van der Waals surface area contributed by atoms with Crippen molar-refractivity contribution in [2.45, 2.75) is 11.3 Å². The molecule has 0 amide bonds. The van der Waals surface area contributed by atoms with Crippen molar-refractivity contribution in [3.8, 4) is 6.07 Å². The Morgan fingerprint density at radius 1 is 1.39 bits per heavy atom. The van der Waals surface area contributed by atoms with Crippen LogP contribution < -0.4 is 10.5 Å². The Morgan fingerprint density at radius 2 is 2.06 bits per heavy atom. The van der Waals surface area contributed by atoms with Crippen LogP contribution in [-0.2, 0) is 10.0 Å². The molecule has 0 aromatic heterocycles. The second kappa shape index (κ2) is 7.71. The number of rotatable bonds is 5. The van der Waals surface area contributed by atoms with E-state index in [1.54, 1.807) is 6.07 Å². The molecule has 3 N–H and O–H groups in total. The zero-order valence-electron chi connectivity index (χ0n) is 9.39. The van der Waals surface area contributed by atoms with Gasteiger partial charge < -0.3 is 5.73 Å². The summed E-state index contributed by atoms with van der Waals surface area (Å²) in [6.45, 7) is 0.706. The fourth-order valence-electron chi connectivity index (χ4n) is 1.17. The Hall–Kier alpha value is -0.650. The van der Waals surface area contributed by atoms with Gasteiger partial charge in [0.15, 0.2) is 0 Å². The smallest absolute Gasteiger partial charge is 0.240 e. The highest BCUT2D eigenvalue weighted by atomic mass is 79.9. The molecule has 1 rings (SSSR count). The lowest BCUT2D eigenvalue weighted by Crippen LogP contribution is -2.26. The largest absolute Gasteiger partial charge is 0.330 e. The van der Waals surface area contributed by atoms with Gasteiger partial charge in [0.1, 0.15) is 0 Å². The molecule has 5 nitrogen and oxygen atoms in total. The first-order valence-electron chi connectivity index (χ1n) is 4.90. The molecule has 18 heavy (non-hydrogen) atoms. The van der Waals surface area contributed by atoms with E-state index in [4.69, 9.17) is 11.0 Å². The van der Waals surface area contributed by atoms with Crippen LogP contribution in [0.5, 0.6) is 0 Å². The summed E-state index contributed by atoms with van der Waals surface area (Å²) < 4.78 is 26.7. The Bertz CT molecular complexity index is 543. The molecule has 1 aromatic rings. The molecule has 0 saturated carbocycles. The quantitative estimate of drug-likeness (QED) is 0.781. The van der Waals surface area contributed by atoms with Crippen LogP contribution in [0.2, 0.25) is 0 Å². The van der Waals surface area contributed by atoms with Crippen molar-refractivity contribution in [3.05, 3.63) is 28.2 Å². The second-order valence-corrected chi connectivity index (χ2v) is 6.01. The minimum Gasteiger partial charge on any atom is -0.330 e. The molecular formula is C10H13BrClN3O2S. The van der Waals surface area contributed by atoms with Crippen LogP contribution >= 0.6 is 28.3 Å². The summed E-state index contributed by atoms with van der Waals surface area (Å²) in [4.78, 5) is 0.0699. The van der Waals surface area contributed by atoms with E-state index in [0.717, 1.165) is 0 Å². The fraction of sp³-hybridized carbons (Fsp3) is 0.300. The SMILES string of the molecule is Cl.N#Cc1cc(Br)cc(S(=O)(=O)NCCCN)c1. The maximum absolute atomic E-state index is 11.8. The van der Waals surface area contributed by atoms with E-state index in [2.05, 4.69) is 20.7 Å². The molecule has 0 saturated heterocycles. The van der Waals surface area contributed by atoms with Gasteiger partial charge in [-0.2, -0.15) is 5.26 Å². The lowest BCUT2D eigenvalue weighted by Gasteiger charge is -2.06. The molecule has 0 aliphatic heterocycles. The van der Waals surface area contributed by atoms with Crippen LogP contribution in [0.25, 0.3) is 0 Å². The van der Waals surface area contributed by atoms with Gasteiger partial charge >= 0.3 is 0 Å². The maximum Gasteiger partial charge on any atom is 0.240 e. The van der Waals surface area contributed by atoms with Crippen molar-refractivity contribution in [2.75, 3.05) is 13.1 Å². The first-order chi connectivity index (χ1) is 7.99. The third-order valence-electron chi connectivity index (χ3n) is 1.98. The van der Waals surface area contributed by atoms with Crippen molar-refractivity contribution in [3.63, 3.8) is 0 Å². The van der Waals surface area contributed by atoms with Crippen molar-refractivity contribution in [2.24, 2.45) is 5.73 Å². The third kappa shape index (κ3) is 4.92. The average molecular weight is 355 g/mol. The molecule has 0 aliphatic carbocycles. The Kier molecular flexibility index (Phi) is 7.43. The number of sulfonamides is 1. The van der Waals surface area contributed by atoms with Crippen LogP contribution in [0, 0.1) is 11.3 Å². The summed E-state index contributed by atoms with van der Waals surface area (Å²) >= 11 is 3.16. The van der Waals surface area contributed by atoms with Gasteiger partial charge in [0.2, 0.25) is 10.0 Å². The number of benzene rings is 1. The Morgan fingerprint density at radius 3 is 2.61 bits per heavy atom. The van der Waals surface area contributed by atoms with Crippen LogP contribution in [-0.4, -0.2) is 21.5 Å². The van der Waals surface area contributed by atoms with E-state index in [-0.39, 0.29) is 23.8 Å². The number of nitriles is 1. The summed E-state index contributed by atoms with van der Waals surface area (Å²) in [6.07, 6.45) is 0.568. The predicted molar refractivity (Wildman–Crippen MR) is 75.0 cm³/mol. The molecular weight excluding hydrogens is 342 g/mol. The first kappa shape index (κ1) is 17.4. The number of nitrogens with zero attached hydrogens (tertiary/aromatic N) is 1. The number of hydrogen-bond donors (Lipinski definition) is 2. The van der Waals surface area contributed by atoms with Gasteiger partial charge in [-0.25, -0.2) is 13.1 Å². The molecule has 0 atom stereocenters. The molecule has 100 valence electrons. The predicted octanol–water partition coefficient (Wildman–Crippen LogP) is 1.37. The van der Waals surface area contributed by atoms with E-state index in [9.17, 15) is 8.42 Å². The molecule has 0 spiro atoms. The van der Waals surface area contributed by atoms with Gasteiger partial charge in [-0.3, -0.25) is 0 Å². The van der Waals surface area contributed by atoms with E-state index in [1.165, 1.54) is 12.1 Å².